The average Bonchev–Trinajstić information content (AvgIpc) is 2.42. The van der Waals surface area contributed by atoms with Crippen molar-refractivity contribution in [1.82, 2.24) is 4.98 Å². The number of hydrogen-bond acceptors (Lipinski definition) is 1. The lowest BCUT2D eigenvalue weighted by molar-refractivity contribution is 0.960. The summed E-state index contributed by atoms with van der Waals surface area (Å²) < 4.78 is 0. The Kier molecular flexibility index (Phi) is 4.54. The lowest BCUT2D eigenvalue weighted by Gasteiger charge is -2.08. The molecule has 0 saturated carbocycles. The van der Waals surface area contributed by atoms with Crippen molar-refractivity contribution in [2.24, 2.45) is 0 Å². The van der Waals surface area contributed by atoms with Gasteiger partial charge in [-0.2, -0.15) is 0 Å². The van der Waals surface area contributed by atoms with Gasteiger partial charge in [-0.3, -0.25) is 4.98 Å². The molecule has 0 bridgehead atoms. The van der Waals surface area contributed by atoms with Crippen molar-refractivity contribution in [1.29, 1.82) is 0 Å². The zero-order valence-corrected chi connectivity index (χ0v) is 11.2. The van der Waals surface area contributed by atoms with Crippen LogP contribution in [0.5, 0.6) is 0 Å². The summed E-state index contributed by atoms with van der Waals surface area (Å²) in [5, 5.41) is 0.764. The number of halogens is 1. The number of nitrogens with zero attached hydrogens (tertiary/aromatic N) is 1. The maximum atomic E-state index is 5.93. The molecule has 1 aromatic heterocycles. The zero-order chi connectivity index (χ0) is 12.8. The van der Waals surface area contributed by atoms with Crippen LogP contribution in [0.3, 0.4) is 0 Å². The third-order valence-electron chi connectivity index (χ3n) is 2.76. The Labute approximate surface area is 113 Å². The fourth-order valence-electron chi connectivity index (χ4n) is 1.84. The third kappa shape index (κ3) is 3.21. The second-order valence-corrected chi connectivity index (χ2v) is 4.59. The van der Waals surface area contributed by atoms with Crippen LogP contribution < -0.4 is 0 Å². The highest BCUT2D eigenvalue weighted by molar-refractivity contribution is 6.30. The van der Waals surface area contributed by atoms with Gasteiger partial charge in [0.05, 0.1) is 0 Å². The van der Waals surface area contributed by atoms with Crippen molar-refractivity contribution >= 4 is 17.2 Å². The first-order valence-electron chi connectivity index (χ1n) is 6.17. The number of rotatable bonds is 4. The van der Waals surface area contributed by atoms with E-state index in [1.807, 2.05) is 24.4 Å². The van der Waals surface area contributed by atoms with Gasteiger partial charge in [-0.1, -0.05) is 49.2 Å². The number of aromatic nitrogens is 1. The largest absolute Gasteiger partial charge is 0.264 e. The van der Waals surface area contributed by atoms with Crippen LogP contribution >= 0.6 is 11.6 Å². The average molecular weight is 258 g/mol. The zero-order valence-electron chi connectivity index (χ0n) is 10.4. The van der Waals surface area contributed by atoms with Crippen molar-refractivity contribution < 1.29 is 0 Å². The van der Waals surface area contributed by atoms with Crippen LogP contribution in [0.4, 0.5) is 0 Å². The predicted octanol–water partition coefficient (Wildman–Crippen LogP) is 4.97. The number of benzene rings is 1. The molecule has 0 atom stereocenters. The summed E-state index contributed by atoms with van der Waals surface area (Å²) >= 11 is 5.93. The maximum absolute atomic E-state index is 5.93. The molecular weight excluding hydrogens is 242 g/mol. The van der Waals surface area contributed by atoms with Crippen LogP contribution in [-0.2, 0) is 0 Å². The van der Waals surface area contributed by atoms with Gasteiger partial charge in [0.2, 0.25) is 0 Å². The molecule has 0 amide bonds. The highest BCUT2D eigenvalue weighted by Crippen LogP contribution is 2.24. The van der Waals surface area contributed by atoms with E-state index in [9.17, 15) is 0 Å². The monoisotopic (exact) mass is 257 g/mol. The van der Waals surface area contributed by atoms with Gasteiger partial charge < -0.3 is 0 Å². The molecule has 1 nitrogen and oxygen atoms in total. The fourth-order valence-corrected chi connectivity index (χ4v) is 1.97. The minimum atomic E-state index is 0.764. The second kappa shape index (κ2) is 6.36. The van der Waals surface area contributed by atoms with Crippen molar-refractivity contribution in [3.8, 4) is 0 Å². The molecule has 0 saturated heterocycles. The van der Waals surface area contributed by atoms with Gasteiger partial charge in [0.25, 0.3) is 0 Å². The highest BCUT2D eigenvalue weighted by atomic mass is 35.5. The summed E-state index contributed by atoms with van der Waals surface area (Å²) in [5.74, 6) is 0. The summed E-state index contributed by atoms with van der Waals surface area (Å²) in [6.07, 6.45) is 8.16. The molecule has 2 rings (SSSR count). The topological polar surface area (TPSA) is 12.9 Å². The van der Waals surface area contributed by atoms with Crippen molar-refractivity contribution in [2.75, 3.05) is 0 Å². The molecule has 1 aromatic carbocycles. The van der Waals surface area contributed by atoms with Crippen LogP contribution in [-0.4, -0.2) is 4.98 Å². The molecule has 0 aliphatic rings. The molecule has 0 spiro atoms. The number of unbranched alkanes of at least 4 members (excludes halogenated alkanes) is 1. The Hall–Kier alpha value is -1.60. The van der Waals surface area contributed by atoms with Crippen molar-refractivity contribution in [2.45, 2.75) is 19.8 Å². The Morgan fingerprint density at radius 2 is 1.94 bits per heavy atom. The van der Waals surface area contributed by atoms with E-state index in [0.29, 0.717) is 0 Å². The number of allylic oxidation sites excluding steroid dienone is 1. The molecule has 0 unspecified atom stereocenters. The van der Waals surface area contributed by atoms with E-state index in [2.05, 4.69) is 36.2 Å². The first kappa shape index (κ1) is 12.8. The molecular formula is C16H16ClN. The van der Waals surface area contributed by atoms with Gasteiger partial charge in [-0.25, -0.2) is 0 Å². The van der Waals surface area contributed by atoms with Crippen molar-refractivity contribution in [3.63, 3.8) is 0 Å². The van der Waals surface area contributed by atoms with Gasteiger partial charge >= 0.3 is 0 Å². The minimum Gasteiger partial charge on any atom is -0.264 e. The normalized spacial score (nSPS) is 11.6. The molecule has 92 valence electrons. The third-order valence-corrected chi connectivity index (χ3v) is 3.02. The van der Waals surface area contributed by atoms with E-state index in [1.165, 1.54) is 11.1 Å². The molecule has 0 aliphatic carbocycles. The number of pyridine rings is 1. The summed E-state index contributed by atoms with van der Waals surface area (Å²) in [7, 11) is 0. The summed E-state index contributed by atoms with van der Waals surface area (Å²) in [5.41, 5.74) is 3.55. The van der Waals surface area contributed by atoms with Crippen molar-refractivity contribution in [3.05, 3.63) is 71.0 Å². The molecule has 1 heterocycles. The van der Waals surface area contributed by atoms with Gasteiger partial charge in [-0.15, -0.1) is 0 Å². The lowest BCUT2D eigenvalue weighted by atomic mass is 9.98. The van der Waals surface area contributed by atoms with Gasteiger partial charge in [-0.05, 0) is 35.8 Å². The fraction of sp³-hybridized carbons (Fsp3) is 0.188. The van der Waals surface area contributed by atoms with E-state index in [1.54, 1.807) is 6.20 Å². The van der Waals surface area contributed by atoms with Crippen LogP contribution in [0.15, 0.2) is 54.9 Å². The quantitative estimate of drug-likeness (QED) is 0.754. The Bertz CT molecular complexity index is 515. The maximum Gasteiger partial charge on any atom is 0.0406 e. The van der Waals surface area contributed by atoms with Crippen LogP contribution in [0.2, 0.25) is 5.02 Å². The van der Waals surface area contributed by atoms with Crippen LogP contribution in [0, 0.1) is 0 Å². The molecule has 0 radical (unpaired) electrons. The standard InChI is InChI=1S/C16H16ClN/c1-2-3-6-16(14-5-4-11-18-12-14)13-7-9-15(17)10-8-13/h4-12H,2-3H2,1H3/b16-6-. The summed E-state index contributed by atoms with van der Waals surface area (Å²) in [6, 6.07) is 12.0. The number of hydrogen-bond donors (Lipinski definition) is 0. The van der Waals surface area contributed by atoms with Crippen LogP contribution in [0.1, 0.15) is 30.9 Å². The summed E-state index contributed by atoms with van der Waals surface area (Å²) in [6.45, 7) is 2.18. The summed E-state index contributed by atoms with van der Waals surface area (Å²) in [4.78, 5) is 4.19. The second-order valence-electron chi connectivity index (χ2n) is 4.16. The van der Waals surface area contributed by atoms with E-state index in [0.717, 1.165) is 23.4 Å². The Morgan fingerprint density at radius 3 is 2.56 bits per heavy atom. The lowest BCUT2D eigenvalue weighted by Crippen LogP contribution is -1.89. The van der Waals surface area contributed by atoms with E-state index in [-0.39, 0.29) is 0 Å². The van der Waals surface area contributed by atoms with E-state index < -0.39 is 0 Å². The SMILES string of the molecule is CCC/C=C(/c1ccc(Cl)cc1)c1cccnc1. The smallest absolute Gasteiger partial charge is 0.0406 e. The first-order valence-corrected chi connectivity index (χ1v) is 6.55. The molecule has 18 heavy (non-hydrogen) atoms. The highest BCUT2D eigenvalue weighted by Gasteiger charge is 2.04. The Balaban J connectivity index is 2.40. The molecule has 2 heteroatoms. The molecule has 2 aromatic rings. The van der Waals surface area contributed by atoms with Crippen LogP contribution in [0.25, 0.3) is 5.57 Å². The molecule has 0 fully saturated rings. The first-order chi connectivity index (χ1) is 8.81. The minimum absolute atomic E-state index is 0.764. The van der Waals surface area contributed by atoms with Gasteiger partial charge in [0, 0.05) is 23.0 Å². The Morgan fingerprint density at radius 1 is 1.17 bits per heavy atom. The van der Waals surface area contributed by atoms with Gasteiger partial charge in [0.1, 0.15) is 0 Å². The molecule has 0 N–H and O–H groups in total. The molecule has 0 aliphatic heterocycles. The predicted molar refractivity (Wildman–Crippen MR) is 77.7 cm³/mol. The van der Waals surface area contributed by atoms with Gasteiger partial charge in [0.15, 0.2) is 0 Å². The van der Waals surface area contributed by atoms with E-state index >= 15 is 0 Å². The van der Waals surface area contributed by atoms with E-state index in [4.69, 9.17) is 11.6 Å².